The van der Waals surface area contributed by atoms with Gasteiger partial charge < -0.3 is 19.7 Å². The number of ether oxygens (including phenoxy) is 2. The number of hydrogen-bond acceptors (Lipinski definition) is 5. The minimum Gasteiger partial charge on any atom is -0.497 e. The van der Waals surface area contributed by atoms with Crippen molar-refractivity contribution < 1.29 is 28.2 Å². The molecule has 4 rings (SSSR count). The van der Waals surface area contributed by atoms with Crippen molar-refractivity contribution in [3.05, 3.63) is 65.5 Å². The Balaban J connectivity index is 1.57. The predicted octanol–water partition coefficient (Wildman–Crippen LogP) is 3.08. The molecule has 2 aliphatic heterocycles. The summed E-state index contributed by atoms with van der Waals surface area (Å²) in [5, 5.41) is 2.93. The van der Waals surface area contributed by atoms with Gasteiger partial charge in [-0.3, -0.25) is 19.3 Å². The highest BCUT2D eigenvalue weighted by atomic mass is 19.1. The molecule has 0 aromatic heterocycles. The van der Waals surface area contributed by atoms with Gasteiger partial charge in [-0.2, -0.15) is 0 Å². The number of likely N-dealkylation sites (tertiary alicyclic amines) is 1. The van der Waals surface area contributed by atoms with Gasteiger partial charge in [0.2, 0.25) is 5.91 Å². The third-order valence-electron chi connectivity index (χ3n) is 6.71. The van der Waals surface area contributed by atoms with Crippen LogP contribution in [0.25, 0.3) is 0 Å². The summed E-state index contributed by atoms with van der Waals surface area (Å²) in [6, 6.07) is 11.5. The fraction of sp³-hybridized carbons (Fsp3) is 0.444. The lowest BCUT2D eigenvalue weighted by Gasteiger charge is -2.44. The molecule has 2 fully saturated rings. The quantitative estimate of drug-likeness (QED) is 0.663. The largest absolute Gasteiger partial charge is 0.497 e. The zero-order valence-corrected chi connectivity index (χ0v) is 20.8. The Labute approximate surface area is 210 Å². The summed E-state index contributed by atoms with van der Waals surface area (Å²) in [5.74, 6) is -0.406. The first-order chi connectivity index (χ1) is 17.2. The zero-order chi connectivity index (χ0) is 25.9. The van der Waals surface area contributed by atoms with Crippen LogP contribution in [0.3, 0.4) is 0 Å². The van der Waals surface area contributed by atoms with Crippen LogP contribution in [0.15, 0.2) is 48.5 Å². The summed E-state index contributed by atoms with van der Waals surface area (Å²) < 4.78 is 24.8. The summed E-state index contributed by atoms with van der Waals surface area (Å²) in [6.45, 7) is 5.23. The van der Waals surface area contributed by atoms with Gasteiger partial charge in [-0.25, -0.2) is 4.39 Å². The molecule has 0 aliphatic carbocycles. The van der Waals surface area contributed by atoms with E-state index in [0.29, 0.717) is 49.4 Å². The van der Waals surface area contributed by atoms with Crippen LogP contribution in [-0.2, 0) is 9.53 Å². The van der Waals surface area contributed by atoms with Crippen LogP contribution in [0.1, 0.15) is 47.4 Å². The number of hydrogen-bond donors (Lipinski definition) is 1. The van der Waals surface area contributed by atoms with Gasteiger partial charge in [-0.05, 0) is 48.4 Å². The second-order valence-corrected chi connectivity index (χ2v) is 9.62. The van der Waals surface area contributed by atoms with Crippen molar-refractivity contribution in [1.82, 2.24) is 15.1 Å². The summed E-state index contributed by atoms with van der Waals surface area (Å²) in [4.78, 5) is 43.1. The lowest BCUT2D eigenvalue weighted by atomic mass is 9.96. The second kappa shape index (κ2) is 10.7. The predicted molar refractivity (Wildman–Crippen MR) is 131 cm³/mol. The molecule has 1 spiro atoms. The SMILES string of the molecule is COc1cccc(C(=O)N2C(C(=O)NCC(C)C)COC23CCN(C(=O)c2ccc(F)cc2)CC3)c1. The Bertz CT molecular complexity index is 1110. The van der Waals surface area contributed by atoms with E-state index in [1.807, 2.05) is 13.8 Å². The number of piperidine rings is 1. The topological polar surface area (TPSA) is 88.2 Å². The van der Waals surface area contributed by atoms with Crippen molar-refractivity contribution in [1.29, 1.82) is 0 Å². The number of nitrogens with one attached hydrogen (secondary N) is 1. The molecule has 1 unspecified atom stereocenters. The van der Waals surface area contributed by atoms with Crippen LogP contribution in [0.4, 0.5) is 4.39 Å². The van der Waals surface area contributed by atoms with Gasteiger partial charge in [0, 0.05) is 43.6 Å². The van der Waals surface area contributed by atoms with Crippen LogP contribution < -0.4 is 10.1 Å². The first-order valence-corrected chi connectivity index (χ1v) is 12.2. The van der Waals surface area contributed by atoms with Gasteiger partial charge >= 0.3 is 0 Å². The Kier molecular flexibility index (Phi) is 7.59. The number of halogens is 1. The standard InChI is InChI=1S/C27H32FN3O5/c1-18(2)16-29-24(32)23-17-36-27(31(23)26(34)20-5-4-6-22(15-20)35-3)11-13-30(14-12-27)25(33)19-7-9-21(28)10-8-19/h4-10,15,18,23H,11-14,16-17H2,1-3H3,(H,29,32). The van der Waals surface area contributed by atoms with Gasteiger partial charge in [-0.1, -0.05) is 19.9 Å². The molecule has 0 saturated carbocycles. The fourth-order valence-corrected chi connectivity index (χ4v) is 4.72. The van der Waals surface area contributed by atoms with Gasteiger partial charge in [0.05, 0.1) is 13.7 Å². The molecule has 0 radical (unpaired) electrons. The molecular formula is C27H32FN3O5. The van der Waals surface area contributed by atoms with Crippen LogP contribution >= 0.6 is 0 Å². The second-order valence-electron chi connectivity index (χ2n) is 9.62. The maximum Gasteiger partial charge on any atom is 0.257 e. The van der Waals surface area contributed by atoms with Crippen molar-refractivity contribution in [2.45, 2.75) is 38.5 Å². The average molecular weight is 498 g/mol. The van der Waals surface area contributed by atoms with E-state index in [-0.39, 0.29) is 30.2 Å². The van der Waals surface area contributed by atoms with E-state index < -0.39 is 17.6 Å². The Morgan fingerprint density at radius 3 is 2.42 bits per heavy atom. The molecular weight excluding hydrogens is 465 g/mol. The highest BCUT2D eigenvalue weighted by Crippen LogP contribution is 2.39. The highest BCUT2D eigenvalue weighted by Gasteiger charge is 2.54. The fourth-order valence-electron chi connectivity index (χ4n) is 4.72. The van der Waals surface area contributed by atoms with E-state index in [0.717, 1.165) is 0 Å². The van der Waals surface area contributed by atoms with Crippen LogP contribution in [0, 0.1) is 11.7 Å². The van der Waals surface area contributed by atoms with E-state index in [1.54, 1.807) is 34.1 Å². The molecule has 2 aromatic carbocycles. The first-order valence-electron chi connectivity index (χ1n) is 12.2. The highest BCUT2D eigenvalue weighted by molar-refractivity contribution is 5.99. The van der Waals surface area contributed by atoms with Crippen molar-refractivity contribution in [2.24, 2.45) is 5.92 Å². The van der Waals surface area contributed by atoms with E-state index in [4.69, 9.17) is 9.47 Å². The molecule has 9 heteroatoms. The molecule has 8 nitrogen and oxygen atoms in total. The first kappa shape index (κ1) is 25.6. The lowest BCUT2D eigenvalue weighted by Crippen LogP contribution is -2.60. The minimum absolute atomic E-state index is 0.0749. The summed E-state index contributed by atoms with van der Waals surface area (Å²) in [7, 11) is 1.53. The van der Waals surface area contributed by atoms with E-state index in [1.165, 1.54) is 31.4 Å². The molecule has 36 heavy (non-hydrogen) atoms. The number of nitrogens with zero attached hydrogens (tertiary/aromatic N) is 2. The number of methoxy groups -OCH3 is 1. The Morgan fingerprint density at radius 1 is 1.08 bits per heavy atom. The molecule has 2 saturated heterocycles. The summed E-state index contributed by atoms with van der Waals surface area (Å²) in [6.07, 6.45) is 0.702. The van der Waals surface area contributed by atoms with E-state index in [9.17, 15) is 18.8 Å². The number of rotatable bonds is 6. The van der Waals surface area contributed by atoms with E-state index >= 15 is 0 Å². The molecule has 1 atom stereocenters. The summed E-state index contributed by atoms with van der Waals surface area (Å²) in [5.41, 5.74) is -0.222. The zero-order valence-electron chi connectivity index (χ0n) is 20.8. The molecule has 2 aromatic rings. The Morgan fingerprint density at radius 2 is 1.78 bits per heavy atom. The van der Waals surface area contributed by atoms with Crippen LogP contribution in [0.2, 0.25) is 0 Å². The minimum atomic E-state index is -1.01. The molecule has 3 amide bonds. The van der Waals surface area contributed by atoms with E-state index in [2.05, 4.69) is 5.32 Å². The third-order valence-corrected chi connectivity index (χ3v) is 6.71. The molecule has 2 aliphatic rings. The average Bonchev–Trinajstić information content (AvgIpc) is 3.25. The van der Waals surface area contributed by atoms with Gasteiger partial charge in [0.25, 0.3) is 11.8 Å². The van der Waals surface area contributed by atoms with Crippen molar-refractivity contribution >= 4 is 17.7 Å². The van der Waals surface area contributed by atoms with Gasteiger partial charge in [-0.15, -0.1) is 0 Å². The monoisotopic (exact) mass is 497 g/mol. The lowest BCUT2D eigenvalue weighted by molar-refractivity contribution is -0.128. The third kappa shape index (κ3) is 5.21. The van der Waals surface area contributed by atoms with Crippen molar-refractivity contribution in [3.8, 4) is 5.75 Å². The Hall–Kier alpha value is -3.46. The number of carbonyl (C=O) groups excluding carboxylic acids is 3. The van der Waals surface area contributed by atoms with Crippen molar-refractivity contribution in [3.63, 3.8) is 0 Å². The van der Waals surface area contributed by atoms with Crippen molar-refractivity contribution in [2.75, 3.05) is 33.4 Å². The molecule has 2 heterocycles. The maximum absolute atomic E-state index is 13.8. The van der Waals surface area contributed by atoms with Crippen LogP contribution in [-0.4, -0.2) is 72.6 Å². The maximum atomic E-state index is 13.8. The smallest absolute Gasteiger partial charge is 0.257 e. The normalized spacial score (nSPS) is 19.0. The molecule has 192 valence electrons. The van der Waals surface area contributed by atoms with Gasteiger partial charge in [0.1, 0.15) is 23.3 Å². The molecule has 1 N–H and O–H groups in total. The van der Waals surface area contributed by atoms with Gasteiger partial charge in [0.15, 0.2) is 0 Å². The number of benzene rings is 2. The van der Waals surface area contributed by atoms with Crippen LogP contribution in [0.5, 0.6) is 5.75 Å². The summed E-state index contributed by atoms with van der Waals surface area (Å²) >= 11 is 0. The number of carbonyl (C=O) groups is 3. The molecule has 0 bridgehead atoms. The number of amides is 3.